The normalized spacial score (nSPS) is 19.2. The molecule has 2 aromatic rings. The summed E-state index contributed by atoms with van der Waals surface area (Å²) in [6, 6.07) is 8.03. The van der Waals surface area contributed by atoms with Crippen molar-refractivity contribution >= 4 is 23.3 Å². The van der Waals surface area contributed by atoms with Crippen LogP contribution in [0, 0.1) is 5.92 Å². The third kappa shape index (κ3) is 3.68. The molecule has 2 fully saturated rings. The zero-order valence-corrected chi connectivity index (χ0v) is 15.5. The Bertz CT molecular complexity index is 753. The summed E-state index contributed by atoms with van der Waals surface area (Å²) < 4.78 is 0. The van der Waals surface area contributed by atoms with Gasteiger partial charge in [0.1, 0.15) is 5.82 Å². The Morgan fingerprint density at radius 2 is 1.92 bits per heavy atom. The largest absolute Gasteiger partial charge is 0.355 e. The quantitative estimate of drug-likeness (QED) is 0.878. The average Bonchev–Trinajstić information content (AvgIpc) is 3.49. The molecule has 0 unspecified atom stereocenters. The fraction of sp³-hybridized carbons (Fsp3) is 0.450. The summed E-state index contributed by atoms with van der Waals surface area (Å²) in [5.41, 5.74) is 1.39. The fourth-order valence-corrected chi connectivity index (χ4v) is 3.87. The lowest BCUT2D eigenvalue weighted by Gasteiger charge is -2.32. The Labute approximate surface area is 158 Å². The van der Waals surface area contributed by atoms with Gasteiger partial charge in [-0.25, -0.2) is 4.98 Å². The van der Waals surface area contributed by atoms with Crippen LogP contribution in [0.5, 0.6) is 0 Å². The lowest BCUT2D eigenvalue weighted by atomic mass is 9.93. The number of piperidine rings is 1. The van der Waals surface area contributed by atoms with Crippen molar-refractivity contribution in [2.45, 2.75) is 31.1 Å². The highest BCUT2D eigenvalue weighted by Gasteiger charge is 2.44. The van der Waals surface area contributed by atoms with Crippen LogP contribution < -0.4 is 10.2 Å². The predicted molar refractivity (Wildman–Crippen MR) is 102 cm³/mol. The molecule has 0 bridgehead atoms. The van der Waals surface area contributed by atoms with E-state index in [9.17, 15) is 4.79 Å². The Balaban J connectivity index is 1.29. The monoisotopic (exact) mass is 370 g/mol. The molecule has 136 valence electrons. The molecule has 1 saturated heterocycles. The second-order valence-electron chi connectivity index (χ2n) is 7.33. The van der Waals surface area contributed by atoms with Crippen LogP contribution in [0.15, 0.2) is 42.9 Å². The second kappa shape index (κ2) is 7.23. The number of benzene rings is 1. The molecule has 6 heteroatoms. The van der Waals surface area contributed by atoms with Crippen molar-refractivity contribution in [1.29, 1.82) is 0 Å². The van der Waals surface area contributed by atoms with Gasteiger partial charge in [-0.2, -0.15) is 0 Å². The third-order valence-corrected chi connectivity index (χ3v) is 5.90. The van der Waals surface area contributed by atoms with Crippen molar-refractivity contribution in [3.8, 4) is 0 Å². The number of nitrogens with zero attached hydrogens (tertiary/aromatic N) is 3. The van der Waals surface area contributed by atoms with Gasteiger partial charge in [0.05, 0.1) is 6.20 Å². The molecule has 4 rings (SSSR count). The van der Waals surface area contributed by atoms with E-state index in [0.717, 1.165) is 56.2 Å². The van der Waals surface area contributed by atoms with E-state index in [1.54, 1.807) is 18.6 Å². The van der Waals surface area contributed by atoms with Crippen LogP contribution in [-0.2, 0) is 10.2 Å². The smallest absolute Gasteiger partial charge is 0.223 e. The molecule has 1 aromatic carbocycles. The summed E-state index contributed by atoms with van der Waals surface area (Å²) in [5, 5.41) is 3.96. The van der Waals surface area contributed by atoms with Crippen molar-refractivity contribution in [3.05, 3.63) is 53.4 Å². The highest BCUT2D eigenvalue weighted by atomic mass is 35.5. The topological polar surface area (TPSA) is 58.1 Å². The van der Waals surface area contributed by atoms with Crippen LogP contribution in [0.2, 0.25) is 5.02 Å². The van der Waals surface area contributed by atoms with E-state index in [4.69, 9.17) is 11.6 Å². The van der Waals surface area contributed by atoms with E-state index < -0.39 is 0 Å². The number of rotatable bonds is 5. The third-order valence-electron chi connectivity index (χ3n) is 5.65. The molecule has 0 atom stereocenters. The number of carbonyl (C=O) groups excluding carboxylic acids is 1. The van der Waals surface area contributed by atoms with E-state index in [1.807, 2.05) is 12.1 Å². The number of amides is 1. The first-order valence-corrected chi connectivity index (χ1v) is 9.59. The van der Waals surface area contributed by atoms with Crippen LogP contribution in [0.3, 0.4) is 0 Å². The molecule has 5 nitrogen and oxygen atoms in total. The van der Waals surface area contributed by atoms with Crippen molar-refractivity contribution in [2.75, 3.05) is 24.5 Å². The van der Waals surface area contributed by atoms with Gasteiger partial charge in [0.2, 0.25) is 5.91 Å². The SMILES string of the molecule is O=C(NCC1(c2ccc(Cl)cc2)CC1)C1CCN(c2cnccn2)CC1. The molecule has 1 aromatic heterocycles. The number of halogens is 1. The van der Waals surface area contributed by atoms with Crippen LogP contribution in [-0.4, -0.2) is 35.5 Å². The van der Waals surface area contributed by atoms with Crippen LogP contribution >= 0.6 is 11.6 Å². The van der Waals surface area contributed by atoms with Gasteiger partial charge < -0.3 is 10.2 Å². The van der Waals surface area contributed by atoms with E-state index in [-0.39, 0.29) is 17.2 Å². The first-order valence-electron chi connectivity index (χ1n) is 9.21. The summed E-state index contributed by atoms with van der Waals surface area (Å²) in [7, 11) is 0. The first-order chi connectivity index (χ1) is 12.7. The maximum atomic E-state index is 12.6. The average molecular weight is 371 g/mol. The predicted octanol–water partition coefficient (Wildman–Crippen LogP) is 3.19. The van der Waals surface area contributed by atoms with Crippen LogP contribution in [0.1, 0.15) is 31.2 Å². The van der Waals surface area contributed by atoms with E-state index >= 15 is 0 Å². The van der Waals surface area contributed by atoms with Gasteiger partial charge in [0.25, 0.3) is 0 Å². The van der Waals surface area contributed by atoms with Gasteiger partial charge >= 0.3 is 0 Å². The molecule has 1 aliphatic carbocycles. The van der Waals surface area contributed by atoms with E-state index in [0.29, 0.717) is 0 Å². The zero-order valence-electron chi connectivity index (χ0n) is 14.7. The van der Waals surface area contributed by atoms with Gasteiger partial charge in [0.15, 0.2) is 0 Å². The Morgan fingerprint density at radius 1 is 1.19 bits per heavy atom. The minimum absolute atomic E-state index is 0.0870. The van der Waals surface area contributed by atoms with Gasteiger partial charge in [-0.1, -0.05) is 23.7 Å². The maximum absolute atomic E-state index is 12.6. The van der Waals surface area contributed by atoms with Crippen molar-refractivity contribution < 1.29 is 4.79 Å². The highest BCUT2D eigenvalue weighted by Crippen LogP contribution is 2.47. The van der Waals surface area contributed by atoms with Gasteiger partial charge in [-0.05, 0) is 43.4 Å². The molecule has 2 aliphatic rings. The molecule has 0 radical (unpaired) electrons. The molecule has 1 amide bonds. The number of hydrogen-bond donors (Lipinski definition) is 1. The molecule has 1 aliphatic heterocycles. The van der Waals surface area contributed by atoms with Crippen molar-refractivity contribution in [2.24, 2.45) is 5.92 Å². The lowest BCUT2D eigenvalue weighted by Crippen LogP contribution is -2.42. The molecular weight excluding hydrogens is 348 g/mol. The number of hydrogen-bond acceptors (Lipinski definition) is 4. The van der Waals surface area contributed by atoms with E-state index in [1.165, 1.54) is 5.56 Å². The zero-order chi connectivity index (χ0) is 18.0. The van der Waals surface area contributed by atoms with Gasteiger partial charge in [0, 0.05) is 48.4 Å². The summed E-state index contributed by atoms with van der Waals surface area (Å²) in [6.45, 7) is 2.41. The molecule has 0 spiro atoms. The summed E-state index contributed by atoms with van der Waals surface area (Å²) >= 11 is 5.99. The molecule has 26 heavy (non-hydrogen) atoms. The first kappa shape index (κ1) is 17.3. The lowest BCUT2D eigenvalue weighted by molar-refractivity contribution is -0.125. The molecule has 1 saturated carbocycles. The number of aromatic nitrogens is 2. The van der Waals surface area contributed by atoms with Crippen LogP contribution in [0.25, 0.3) is 0 Å². The van der Waals surface area contributed by atoms with Crippen molar-refractivity contribution in [3.63, 3.8) is 0 Å². The minimum Gasteiger partial charge on any atom is -0.355 e. The molecule has 2 heterocycles. The maximum Gasteiger partial charge on any atom is 0.223 e. The molecular formula is C20H23ClN4O. The Morgan fingerprint density at radius 3 is 2.54 bits per heavy atom. The van der Waals surface area contributed by atoms with Gasteiger partial charge in [-0.3, -0.25) is 9.78 Å². The highest BCUT2D eigenvalue weighted by molar-refractivity contribution is 6.30. The minimum atomic E-state index is 0.0870. The second-order valence-corrected chi connectivity index (χ2v) is 7.77. The summed E-state index contributed by atoms with van der Waals surface area (Å²) in [5.74, 6) is 1.17. The van der Waals surface area contributed by atoms with Crippen molar-refractivity contribution in [1.82, 2.24) is 15.3 Å². The number of nitrogens with one attached hydrogen (secondary N) is 1. The van der Waals surface area contributed by atoms with Gasteiger partial charge in [-0.15, -0.1) is 0 Å². The standard InChI is InChI=1S/C20H23ClN4O/c21-17-3-1-16(2-4-17)20(7-8-20)14-24-19(26)15-5-11-25(12-6-15)18-13-22-9-10-23-18/h1-4,9-10,13,15H,5-8,11-12,14H2,(H,24,26). The Hall–Kier alpha value is -2.14. The fourth-order valence-electron chi connectivity index (χ4n) is 3.75. The Kier molecular flexibility index (Phi) is 4.81. The number of carbonyl (C=O) groups is 1. The summed E-state index contributed by atoms with van der Waals surface area (Å²) in [6.07, 6.45) is 9.13. The van der Waals surface area contributed by atoms with E-state index in [2.05, 4.69) is 32.3 Å². The van der Waals surface area contributed by atoms with Crippen LogP contribution in [0.4, 0.5) is 5.82 Å². The molecule has 1 N–H and O–H groups in total. The summed E-state index contributed by atoms with van der Waals surface area (Å²) in [4.78, 5) is 23.3. The number of anilines is 1.